The fraction of sp³-hybridized carbons (Fsp3) is 1.00. The molecule has 112 valence electrons. The van der Waals surface area contributed by atoms with E-state index < -0.39 is 42.2 Å². The van der Waals surface area contributed by atoms with Crippen molar-refractivity contribution in [2.24, 2.45) is 0 Å². The van der Waals surface area contributed by atoms with E-state index >= 15 is 0 Å². The molecule has 19 heavy (non-hydrogen) atoms. The summed E-state index contributed by atoms with van der Waals surface area (Å²) >= 11 is 0. The molecule has 0 saturated carbocycles. The van der Waals surface area contributed by atoms with Gasteiger partial charge in [-0.1, -0.05) is 0 Å². The minimum Gasteiger partial charge on any atom is -0.385 e. The topological polar surface area (TPSA) is 57.2 Å². The highest BCUT2D eigenvalue weighted by atomic mass is 19.1. The molecule has 0 bridgehead atoms. The summed E-state index contributed by atoms with van der Waals surface area (Å²) in [6, 6.07) is 0. The minimum absolute atomic E-state index is 0.243. The average Bonchev–Trinajstić information content (AvgIpc) is 2.71. The molecule has 0 aromatic rings. The molecule has 0 amide bonds. The van der Waals surface area contributed by atoms with Crippen molar-refractivity contribution in [2.45, 2.75) is 76.8 Å². The van der Waals surface area contributed by atoms with E-state index in [-0.39, 0.29) is 6.61 Å². The summed E-state index contributed by atoms with van der Waals surface area (Å²) < 4.78 is 36.1. The first-order valence-corrected chi connectivity index (χ1v) is 6.56. The predicted molar refractivity (Wildman–Crippen MR) is 65.3 cm³/mol. The van der Waals surface area contributed by atoms with Gasteiger partial charge >= 0.3 is 0 Å². The van der Waals surface area contributed by atoms with E-state index in [2.05, 4.69) is 0 Å². The van der Waals surface area contributed by atoms with Crippen LogP contribution in [0.25, 0.3) is 0 Å². The summed E-state index contributed by atoms with van der Waals surface area (Å²) in [5.41, 5.74) is -0.521. The van der Waals surface area contributed by atoms with Gasteiger partial charge in [-0.05, 0) is 34.6 Å². The smallest absolute Gasteiger partial charge is 0.187 e. The molecule has 5 atom stereocenters. The van der Waals surface area contributed by atoms with E-state index in [0.29, 0.717) is 0 Å². The van der Waals surface area contributed by atoms with Crippen molar-refractivity contribution in [3.8, 4) is 0 Å². The van der Waals surface area contributed by atoms with Crippen molar-refractivity contribution in [1.29, 1.82) is 0 Å². The number of aliphatic hydroxyl groups is 1. The molecule has 2 aliphatic rings. The molecule has 2 aliphatic heterocycles. The lowest BCUT2D eigenvalue weighted by atomic mass is 10.1. The van der Waals surface area contributed by atoms with E-state index in [1.54, 1.807) is 13.8 Å². The maximum Gasteiger partial charge on any atom is 0.187 e. The van der Waals surface area contributed by atoms with Crippen LogP contribution in [0.4, 0.5) is 4.39 Å². The van der Waals surface area contributed by atoms with Gasteiger partial charge in [0.05, 0.1) is 12.2 Å². The molecule has 0 aliphatic carbocycles. The number of hydrogen-bond donors (Lipinski definition) is 1. The Bertz CT molecular complexity index is 327. The zero-order chi connectivity index (χ0) is 14.4. The van der Waals surface area contributed by atoms with Crippen molar-refractivity contribution >= 4 is 0 Å². The lowest BCUT2D eigenvalue weighted by Gasteiger charge is -2.26. The molecule has 2 fully saturated rings. The average molecular weight is 278 g/mol. The Kier molecular flexibility index (Phi) is 3.92. The minimum atomic E-state index is -1.55. The number of halogens is 1. The second-order valence-corrected chi connectivity index (χ2v) is 6.50. The summed E-state index contributed by atoms with van der Waals surface area (Å²) in [4.78, 5) is 0. The first-order chi connectivity index (χ1) is 8.59. The quantitative estimate of drug-likeness (QED) is 0.827. The third-order valence-electron chi connectivity index (χ3n) is 3.08. The summed E-state index contributed by atoms with van der Waals surface area (Å²) in [5.74, 6) is -0.748. The van der Waals surface area contributed by atoms with Crippen LogP contribution in [0.2, 0.25) is 0 Å². The standard InChI is InChI=1S/C13H23FO5/c1-12(2,3)19-11-9(15)8(14)10(17-11)7-6-16-13(4,5)18-7/h7-11,15H,6H2,1-5H3/t7?,8-,9-,10-,11-/m1/s1. The van der Waals surface area contributed by atoms with E-state index in [0.717, 1.165) is 0 Å². The Morgan fingerprint density at radius 1 is 1.32 bits per heavy atom. The normalized spacial score (nSPS) is 42.8. The zero-order valence-electron chi connectivity index (χ0n) is 12.1. The van der Waals surface area contributed by atoms with Gasteiger partial charge in [0.2, 0.25) is 0 Å². The molecule has 1 N–H and O–H groups in total. The molecule has 0 aromatic heterocycles. The van der Waals surface area contributed by atoms with Crippen LogP contribution in [0, 0.1) is 0 Å². The summed E-state index contributed by atoms with van der Waals surface area (Å²) in [7, 11) is 0. The van der Waals surface area contributed by atoms with Crippen molar-refractivity contribution in [3.63, 3.8) is 0 Å². The molecule has 2 heterocycles. The third-order valence-corrected chi connectivity index (χ3v) is 3.08. The molecule has 0 aromatic carbocycles. The molecular formula is C13H23FO5. The molecule has 2 saturated heterocycles. The molecule has 1 unspecified atom stereocenters. The predicted octanol–water partition coefficient (Wildman–Crippen LogP) is 1.38. The molecule has 0 radical (unpaired) electrons. The van der Waals surface area contributed by atoms with Gasteiger partial charge in [-0.15, -0.1) is 0 Å². The van der Waals surface area contributed by atoms with Crippen LogP contribution in [0.15, 0.2) is 0 Å². The Balaban J connectivity index is 2.01. The molecule has 5 nitrogen and oxygen atoms in total. The van der Waals surface area contributed by atoms with Gasteiger partial charge in [-0.25, -0.2) is 4.39 Å². The largest absolute Gasteiger partial charge is 0.385 e. The van der Waals surface area contributed by atoms with Crippen molar-refractivity contribution < 1.29 is 28.4 Å². The highest BCUT2D eigenvalue weighted by molar-refractivity contribution is 4.94. The zero-order valence-corrected chi connectivity index (χ0v) is 12.1. The van der Waals surface area contributed by atoms with Crippen LogP contribution < -0.4 is 0 Å². The third kappa shape index (κ3) is 3.44. The van der Waals surface area contributed by atoms with Crippen molar-refractivity contribution in [1.82, 2.24) is 0 Å². The van der Waals surface area contributed by atoms with Crippen LogP contribution in [-0.4, -0.2) is 53.9 Å². The van der Waals surface area contributed by atoms with Crippen LogP contribution in [0.1, 0.15) is 34.6 Å². The monoisotopic (exact) mass is 278 g/mol. The van der Waals surface area contributed by atoms with Gasteiger partial charge in [-0.3, -0.25) is 0 Å². The highest BCUT2D eigenvalue weighted by Crippen LogP contribution is 2.35. The van der Waals surface area contributed by atoms with E-state index in [1.165, 1.54) is 0 Å². The van der Waals surface area contributed by atoms with Crippen LogP contribution >= 0.6 is 0 Å². The van der Waals surface area contributed by atoms with Gasteiger partial charge in [0.25, 0.3) is 0 Å². The van der Waals surface area contributed by atoms with Gasteiger partial charge < -0.3 is 24.1 Å². The second-order valence-electron chi connectivity index (χ2n) is 6.50. The van der Waals surface area contributed by atoms with E-state index in [9.17, 15) is 9.50 Å². The Morgan fingerprint density at radius 3 is 2.42 bits per heavy atom. The number of hydrogen-bond acceptors (Lipinski definition) is 5. The number of rotatable bonds is 2. The maximum absolute atomic E-state index is 14.1. The fourth-order valence-corrected chi connectivity index (χ4v) is 2.27. The van der Waals surface area contributed by atoms with Gasteiger partial charge in [0.1, 0.15) is 18.3 Å². The fourth-order valence-electron chi connectivity index (χ4n) is 2.27. The van der Waals surface area contributed by atoms with Crippen LogP contribution in [0.5, 0.6) is 0 Å². The number of aliphatic hydroxyl groups excluding tert-OH is 1. The van der Waals surface area contributed by atoms with Crippen molar-refractivity contribution in [3.05, 3.63) is 0 Å². The highest BCUT2D eigenvalue weighted by Gasteiger charge is 2.52. The molecule has 6 heteroatoms. The van der Waals surface area contributed by atoms with E-state index in [4.69, 9.17) is 18.9 Å². The van der Waals surface area contributed by atoms with Gasteiger partial charge in [-0.2, -0.15) is 0 Å². The van der Waals surface area contributed by atoms with Crippen molar-refractivity contribution in [2.75, 3.05) is 6.61 Å². The van der Waals surface area contributed by atoms with Gasteiger partial charge in [0.15, 0.2) is 18.2 Å². The first-order valence-electron chi connectivity index (χ1n) is 6.56. The Hall–Kier alpha value is -0.270. The lowest BCUT2D eigenvalue weighted by molar-refractivity contribution is -0.225. The van der Waals surface area contributed by atoms with E-state index in [1.807, 2.05) is 20.8 Å². The molecule has 2 rings (SSSR count). The van der Waals surface area contributed by atoms with Gasteiger partial charge in [0, 0.05) is 0 Å². The Labute approximate surface area is 113 Å². The maximum atomic E-state index is 14.1. The summed E-state index contributed by atoms with van der Waals surface area (Å²) in [6.07, 6.45) is -5.24. The van der Waals surface area contributed by atoms with Crippen LogP contribution in [0.3, 0.4) is 0 Å². The Morgan fingerprint density at radius 2 is 1.95 bits per heavy atom. The second kappa shape index (κ2) is 4.93. The molecular weight excluding hydrogens is 255 g/mol. The first kappa shape index (κ1) is 15.1. The SMILES string of the molecule is CC(C)(C)O[C@H]1O[C@H](C2COC(C)(C)O2)[C@H](F)[C@H]1O. The van der Waals surface area contributed by atoms with Crippen LogP contribution in [-0.2, 0) is 18.9 Å². The molecule has 0 spiro atoms. The number of ether oxygens (including phenoxy) is 4. The summed E-state index contributed by atoms with van der Waals surface area (Å²) in [6.45, 7) is 9.22. The summed E-state index contributed by atoms with van der Waals surface area (Å²) in [5, 5.41) is 9.86. The lowest BCUT2D eigenvalue weighted by Crippen LogP contribution is -2.38. The number of alkyl halides is 1.